The molecule has 7 nitrogen and oxygen atoms in total. The van der Waals surface area contributed by atoms with E-state index in [2.05, 4.69) is 10.6 Å². The van der Waals surface area contributed by atoms with Gasteiger partial charge in [0.05, 0.1) is 13.4 Å². The van der Waals surface area contributed by atoms with Crippen LogP contribution < -0.4 is 20.7 Å². The lowest BCUT2D eigenvalue weighted by Gasteiger charge is -2.09. The first kappa shape index (κ1) is 20.2. The van der Waals surface area contributed by atoms with E-state index in [4.69, 9.17) is 9.15 Å². The van der Waals surface area contributed by atoms with Gasteiger partial charge in [-0.15, -0.1) is 0 Å². The first-order chi connectivity index (χ1) is 14.0. The summed E-state index contributed by atoms with van der Waals surface area (Å²) in [7, 11) is 1.59. The van der Waals surface area contributed by atoms with E-state index in [0.29, 0.717) is 16.9 Å². The van der Waals surface area contributed by atoms with Gasteiger partial charge in [-0.1, -0.05) is 0 Å². The van der Waals surface area contributed by atoms with E-state index in [0.717, 1.165) is 11.5 Å². The highest BCUT2D eigenvalue weighted by Crippen LogP contribution is 2.17. The van der Waals surface area contributed by atoms with Crippen LogP contribution in [0.2, 0.25) is 0 Å². The van der Waals surface area contributed by atoms with Crippen LogP contribution in [0.25, 0.3) is 0 Å². The molecule has 150 valence electrons. The summed E-state index contributed by atoms with van der Waals surface area (Å²) in [4.78, 5) is 24.5. The number of methoxy groups -OCH3 is 1. The number of carbonyl (C=O) groups excluding carboxylic acids is 2. The Morgan fingerprint density at radius 3 is 2.28 bits per heavy atom. The summed E-state index contributed by atoms with van der Waals surface area (Å²) in [5, 5.41) is 7.54. The molecule has 0 saturated carbocycles. The third-order valence-electron chi connectivity index (χ3n) is 4.43. The van der Waals surface area contributed by atoms with Crippen molar-refractivity contribution < 1.29 is 24.1 Å². The molecule has 0 bridgehead atoms. The van der Waals surface area contributed by atoms with Crippen LogP contribution >= 0.6 is 0 Å². The van der Waals surface area contributed by atoms with E-state index in [1.54, 1.807) is 61.9 Å². The topological polar surface area (TPSA) is 97.2 Å². The molecule has 2 aromatic carbocycles. The molecule has 0 fully saturated rings. The monoisotopic (exact) mass is 394 g/mol. The molecule has 4 N–H and O–H groups in total. The second-order valence-corrected chi connectivity index (χ2v) is 6.55. The number of hydrogen-bond acceptors (Lipinski definition) is 4. The van der Waals surface area contributed by atoms with Crippen LogP contribution in [0.1, 0.15) is 29.1 Å². The molecule has 0 unspecified atom stereocenters. The minimum Gasteiger partial charge on any atom is -0.497 e. The number of furan rings is 1. The summed E-state index contributed by atoms with van der Waals surface area (Å²) in [5.41, 5.74) is 1.81. The third kappa shape index (κ3) is 5.70. The normalized spacial score (nSPS) is 11.5. The fourth-order valence-corrected chi connectivity index (χ4v) is 2.74. The summed E-state index contributed by atoms with van der Waals surface area (Å²) in [5.74, 6) is 1.19. The molecular weight excluding hydrogens is 370 g/mol. The fourth-order valence-electron chi connectivity index (χ4n) is 2.74. The molecule has 0 aliphatic heterocycles. The van der Waals surface area contributed by atoms with Gasteiger partial charge in [0.2, 0.25) is 0 Å². The molecule has 3 rings (SSSR count). The van der Waals surface area contributed by atoms with E-state index in [9.17, 15) is 9.59 Å². The van der Waals surface area contributed by atoms with Crippen LogP contribution in [0.4, 0.5) is 11.4 Å². The molecule has 2 amide bonds. The lowest BCUT2D eigenvalue weighted by atomic mass is 10.2. The van der Waals surface area contributed by atoms with E-state index in [1.165, 1.54) is 0 Å². The van der Waals surface area contributed by atoms with Gasteiger partial charge in [0.15, 0.2) is 12.3 Å². The molecule has 29 heavy (non-hydrogen) atoms. The molecule has 0 radical (unpaired) electrons. The molecule has 1 heterocycles. The molecule has 3 aromatic rings. The van der Waals surface area contributed by atoms with Crippen LogP contribution in [0.3, 0.4) is 0 Å². The van der Waals surface area contributed by atoms with Crippen LogP contribution in [0, 0.1) is 0 Å². The smallest absolute Gasteiger partial charge is 0.279 e. The average Bonchev–Trinajstić information content (AvgIpc) is 3.28. The SMILES string of the molecule is COc1ccc(NC(=O)c2ccc(NC(=O)C[NH2+][C@H](C)c3ccco3)cc2)cc1. The summed E-state index contributed by atoms with van der Waals surface area (Å²) in [6, 6.07) is 17.6. The number of nitrogens with two attached hydrogens (primary N) is 1. The summed E-state index contributed by atoms with van der Waals surface area (Å²) in [6.07, 6.45) is 1.62. The minimum absolute atomic E-state index is 0.0553. The molecule has 0 aliphatic rings. The molecule has 1 aromatic heterocycles. The van der Waals surface area contributed by atoms with Crippen molar-refractivity contribution in [2.24, 2.45) is 0 Å². The maximum atomic E-state index is 12.3. The van der Waals surface area contributed by atoms with Crippen molar-refractivity contribution >= 4 is 23.2 Å². The number of ether oxygens (including phenoxy) is 1. The molecule has 0 saturated heterocycles. The highest BCUT2D eigenvalue weighted by atomic mass is 16.5. The van der Waals surface area contributed by atoms with Gasteiger partial charge in [0.1, 0.15) is 11.8 Å². The Bertz CT molecular complexity index is 935. The van der Waals surface area contributed by atoms with Gasteiger partial charge in [-0.3, -0.25) is 9.59 Å². The van der Waals surface area contributed by atoms with Crippen molar-refractivity contribution in [3.05, 3.63) is 78.3 Å². The second kappa shape index (κ2) is 9.57. The van der Waals surface area contributed by atoms with Crippen molar-refractivity contribution in [1.29, 1.82) is 0 Å². The fraction of sp³-hybridized carbons (Fsp3) is 0.182. The maximum absolute atomic E-state index is 12.3. The zero-order valence-corrected chi connectivity index (χ0v) is 16.3. The predicted molar refractivity (Wildman–Crippen MR) is 110 cm³/mol. The highest BCUT2D eigenvalue weighted by Gasteiger charge is 2.14. The van der Waals surface area contributed by atoms with Gasteiger partial charge in [-0.2, -0.15) is 0 Å². The highest BCUT2D eigenvalue weighted by molar-refractivity contribution is 6.04. The Labute approximate surface area is 169 Å². The Kier molecular flexibility index (Phi) is 6.65. The number of nitrogens with one attached hydrogen (secondary N) is 2. The summed E-state index contributed by atoms with van der Waals surface area (Å²) in [6.45, 7) is 2.24. The van der Waals surface area contributed by atoms with Crippen LogP contribution in [0.5, 0.6) is 5.75 Å². The standard InChI is InChI=1S/C22H23N3O4/c1-15(20-4-3-13-29-20)23-14-21(26)24-17-7-5-16(6-8-17)22(27)25-18-9-11-19(28-2)12-10-18/h3-13,15,23H,14H2,1-2H3,(H,24,26)(H,25,27)/p+1/t15-/m1/s1. The van der Waals surface area contributed by atoms with Gasteiger partial charge < -0.3 is 25.1 Å². The average molecular weight is 394 g/mol. The molecule has 1 atom stereocenters. The molecule has 0 spiro atoms. The largest absolute Gasteiger partial charge is 0.497 e. The van der Waals surface area contributed by atoms with Crippen molar-refractivity contribution in [3.63, 3.8) is 0 Å². The maximum Gasteiger partial charge on any atom is 0.279 e. The van der Waals surface area contributed by atoms with E-state index in [-0.39, 0.29) is 24.4 Å². The zero-order valence-electron chi connectivity index (χ0n) is 16.3. The predicted octanol–water partition coefficient (Wildman–Crippen LogP) is 2.80. The van der Waals surface area contributed by atoms with Gasteiger partial charge in [-0.25, -0.2) is 0 Å². The van der Waals surface area contributed by atoms with Crippen LogP contribution in [-0.2, 0) is 4.79 Å². The lowest BCUT2D eigenvalue weighted by Crippen LogP contribution is -2.86. The molecule has 0 aliphatic carbocycles. The van der Waals surface area contributed by atoms with Crippen LogP contribution in [0.15, 0.2) is 71.3 Å². The van der Waals surface area contributed by atoms with Gasteiger partial charge >= 0.3 is 0 Å². The minimum atomic E-state index is -0.228. The number of benzene rings is 2. The van der Waals surface area contributed by atoms with Crippen molar-refractivity contribution in [3.8, 4) is 5.75 Å². The summed E-state index contributed by atoms with van der Waals surface area (Å²) >= 11 is 0. The first-order valence-corrected chi connectivity index (χ1v) is 9.27. The number of rotatable bonds is 8. The molecule has 7 heteroatoms. The number of carbonyl (C=O) groups is 2. The second-order valence-electron chi connectivity index (χ2n) is 6.55. The number of quaternary nitrogens is 1. The van der Waals surface area contributed by atoms with Crippen LogP contribution in [-0.4, -0.2) is 25.5 Å². The Hall–Kier alpha value is -3.58. The van der Waals surface area contributed by atoms with Crippen molar-refractivity contribution in [1.82, 2.24) is 0 Å². The Morgan fingerprint density at radius 1 is 1.00 bits per heavy atom. The van der Waals surface area contributed by atoms with Gasteiger partial charge in [0, 0.05) is 16.9 Å². The van der Waals surface area contributed by atoms with Crippen molar-refractivity contribution in [2.45, 2.75) is 13.0 Å². The number of anilines is 2. The summed E-state index contributed by atoms with van der Waals surface area (Å²) < 4.78 is 10.4. The van der Waals surface area contributed by atoms with E-state index >= 15 is 0 Å². The number of hydrogen-bond donors (Lipinski definition) is 3. The quantitative estimate of drug-likeness (QED) is 0.547. The zero-order chi connectivity index (χ0) is 20.6. The third-order valence-corrected chi connectivity index (χ3v) is 4.43. The van der Waals surface area contributed by atoms with Crippen molar-refractivity contribution in [2.75, 3.05) is 24.3 Å². The lowest BCUT2D eigenvalue weighted by molar-refractivity contribution is -0.684. The Balaban J connectivity index is 1.49. The molecular formula is C22H24N3O4+. The van der Waals surface area contributed by atoms with Gasteiger partial charge in [-0.05, 0) is 67.6 Å². The van der Waals surface area contributed by atoms with E-state index in [1.807, 2.05) is 24.4 Å². The Morgan fingerprint density at radius 2 is 1.66 bits per heavy atom. The first-order valence-electron chi connectivity index (χ1n) is 9.27. The van der Waals surface area contributed by atoms with E-state index < -0.39 is 0 Å². The van der Waals surface area contributed by atoms with Gasteiger partial charge in [0.25, 0.3) is 11.8 Å². The number of amides is 2.